The molecule has 0 aliphatic rings. The number of halogens is 1. The van der Waals surface area contributed by atoms with Gasteiger partial charge in [-0.2, -0.15) is 10.2 Å². The van der Waals surface area contributed by atoms with Gasteiger partial charge in [-0.15, -0.1) is 24.0 Å². The number of rotatable bonds is 5. The number of nitrogens with zero attached hydrogens (tertiary/aromatic N) is 6. The molecule has 3 heterocycles. The molecule has 132 valence electrons. The monoisotopic (exact) mass is 452 g/mol. The van der Waals surface area contributed by atoms with E-state index in [9.17, 15) is 0 Å². The van der Waals surface area contributed by atoms with Crippen LogP contribution in [-0.2, 0) is 20.1 Å². The minimum atomic E-state index is 0. The summed E-state index contributed by atoms with van der Waals surface area (Å²) in [6.07, 6.45) is 7.16. The molecule has 9 heteroatoms. The maximum Gasteiger partial charge on any atom is 0.191 e. The number of aryl methyl sites for hydroxylation is 1. The molecule has 3 rings (SSSR count). The van der Waals surface area contributed by atoms with Crippen LogP contribution >= 0.6 is 24.0 Å². The Balaban J connectivity index is 0.00000225. The summed E-state index contributed by atoms with van der Waals surface area (Å²) in [6, 6.07) is 7.80. The van der Waals surface area contributed by atoms with Gasteiger partial charge in [-0.1, -0.05) is 0 Å². The SMILES string of the molecule is CN=C(NCc1ccnc(-n2cccn2)c1)NCc1ccnn1C.I. The van der Waals surface area contributed by atoms with Crippen LogP contribution in [0.25, 0.3) is 5.82 Å². The lowest BCUT2D eigenvalue weighted by atomic mass is 10.2. The molecule has 0 aliphatic carbocycles. The summed E-state index contributed by atoms with van der Waals surface area (Å²) in [4.78, 5) is 8.56. The van der Waals surface area contributed by atoms with Crippen molar-refractivity contribution in [2.45, 2.75) is 13.1 Å². The van der Waals surface area contributed by atoms with Crippen molar-refractivity contribution in [3.05, 3.63) is 60.3 Å². The molecule has 0 saturated carbocycles. The predicted molar refractivity (Wildman–Crippen MR) is 107 cm³/mol. The first-order valence-corrected chi connectivity index (χ1v) is 7.62. The second-order valence-corrected chi connectivity index (χ2v) is 5.20. The molecule has 25 heavy (non-hydrogen) atoms. The van der Waals surface area contributed by atoms with Crippen LogP contribution in [0.4, 0.5) is 0 Å². The first-order chi connectivity index (χ1) is 11.8. The van der Waals surface area contributed by atoms with Gasteiger partial charge in [-0.25, -0.2) is 9.67 Å². The van der Waals surface area contributed by atoms with E-state index >= 15 is 0 Å². The Bertz CT molecular complexity index is 809. The van der Waals surface area contributed by atoms with Gasteiger partial charge in [0.1, 0.15) is 0 Å². The molecule has 3 aromatic heterocycles. The highest BCUT2D eigenvalue weighted by Crippen LogP contribution is 2.06. The minimum Gasteiger partial charge on any atom is -0.352 e. The van der Waals surface area contributed by atoms with Gasteiger partial charge in [0.15, 0.2) is 11.8 Å². The zero-order valence-electron chi connectivity index (χ0n) is 14.1. The van der Waals surface area contributed by atoms with E-state index in [0.29, 0.717) is 13.1 Å². The van der Waals surface area contributed by atoms with Crippen molar-refractivity contribution in [2.24, 2.45) is 12.0 Å². The summed E-state index contributed by atoms with van der Waals surface area (Å²) in [7, 11) is 3.67. The average Bonchev–Trinajstić information content (AvgIpc) is 3.27. The van der Waals surface area contributed by atoms with E-state index in [1.807, 2.05) is 42.2 Å². The molecule has 0 saturated heterocycles. The molecule has 0 bridgehead atoms. The van der Waals surface area contributed by atoms with Crippen molar-refractivity contribution in [2.75, 3.05) is 7.05 Å². The van der Waals surface area contributed by atoms with Crippen molar-refractivity contribution in [3.8, 4) is 5.82 Å². The van der Waals surface area contributed by atoms with E-state index in [0.717, 1.165) is 23.0 Å². The fourth-order valence-corrected chi connectivity index (χ4v) is 2.26. The molecule has 0 atom stereocenters. The molecule has 0 amide bonds. The van der Waals surface area contributed by atoms with E-state index in [4.69, 9.17) is 0 Å². The van der Waals surface area contributed by atoms with Crippen molar-refractivity contribution in [1.82, 2.24) is 35.2 Å². The molecule has 8 nitrogen and oxygen atoms in total. The lowest BCUT2D eigenvalue weighted by molar-refractivity contribution is 0.684. The van der Waals surface area contributed by atoms with E-state index in [1.54, 1.807) is 30.3 Å². The fourth-order valence-electron chi connectivity index (χ4n) is 2.26. The Kier molecular flexibility index (Phi) is 6.92. The Hall–Kier alpha value is -2.43. The number of hydrogen-bond donors (Lipinski definition) is 2. The number of aromatic nitrogens is 5. The highest BCUT2D eigenvalue weighted by molar-refractivity contribution is 14.0. The third kappa shape index (κ3) is 5.02. The topological polar surface area (TPSA) is 84.9 Å². The fraction of sp³-hybridized carbons (Fsp3) is 0.250. The summed E-state index contributed by atoms with van der Waals surface area (Å²) in [5, 5.41) is 14.9. The third-order valence-electron chi connectivity index (χ3n) is 3.59. The molecule has 0 unspecified atom stereocenters. The Morgan fingerprint density at radius 3 is 2.64 bits per heavy atom. The number of guanidine groups is 1. The maximum atomic E-state index is 4.33. The van der Waals surface area contributed by atoms with E-state index in [1.165, 1.54) is 0 Å². The number of hydrogen-bond acceptors (Lipinski definition) is 4. The molecule has 3 aromatic rings. The van der Waals surface area contributed by atoms with E-state index in [-0.39, 0.29) is 24.0 Å². The van der Waals surface area contributed by atoms with Crippen LogP contribution in [-0.4, -0.2) is 37.6 Å². The lowest BCUT2D eigenvalue weighted by Gasteiger charge is -2.12. The normalized spacial score (nSPS) is 11.0. The highest BCUT2D eigenvalue weighted by Gasteiger charge is 2.03. The molecule has 2 N–H and O–H groups in total. The third-order valence-corrected chi connectivity index (χ3v) is 3.59. The quantitative estimate of drug-likeness (QED) is 0.348. The van der Waals surface area contributed by atoms with Crippen LogP contribution in [0, 0.1) is 0 Å². The Labute approximate surface area is 163 Å². The van der Waals surface area contributed by atoms with E-state index in [2.05, 4.69) is 30.8 Å². The van der Waals surface area contributed by atoms with Crippen LogP contribution in [0.1, 0.15) is 11.3 Å². The van der Waals surface area contributed by atoms with Crippen LogP contribution in [0.3, 0.4) is 0 Å². The maximum absolute atomic E-state index is 4.33. The lowest BCUT2D eigenvalue weighted by Crippen LogP contribution is -2.36. The number of nitrogens with one attached hydrogen (secondary N) is 2. The number of aliphatic imine (C=N–C) groups is 1. The summed E-state index contributed by atoms with van der Waals surface area (Å²) < 4.78 is 3.57. The molecule has 0 fully saturated rings. The summed E-state index contributed by atoms with van der Waals surface area (Å²) in [5.74, 6) is 1.52. The number of pyridine rings is 1. The van der Waals surface area contributed by atoms with Gasteiger partial charge in [0.05, 0.1) is 12.2 Å². The first kappa shape index (κ1) is 18.9. The van der Waals surface area contributed by atoms with Gasteiger partial charge in [0.25, 0.3) is 0 Å². The zero-order valence-corrected chi connectivity index (χ0v) is 16.5. The second-order valence-electron chi connectivity index (χ2n) is 5.20. The van der Waals surface area contributed by atoms with Crippen molar-refractivity contribution in [3.63, 3.8) is 0 Å². The predicted octanol–water partition coefficient (Wildman–Crippen LogP) is 1.48. The molecule has 0 aromatic carbocycles. The van der Waals surface area contributed by atoms with Crippen molar-refractivity contribution < 1.29 is 0 Å². The Morgan fingerprint density at radius 2 is 1.96 bits per heavy atom. The minimum absolute atomic E-state index is 0. The highest BCUT2D eigenvalue weighted by atomic mass is 127. The van der Waals surface area contributed by atoms with Gasteiger partial charge in [0.2, 0.25) is 0 Å². The van der Waals surface area contributed by atoms with Gasteiger partial charge < -0.3 is 10.6 Å². The summed E-state index contributed by atoms with van der Waals surface area (Å²) in [5.41, 5.74) is 2.18. The molecule has 0 radical (unpaired) electrons. The Morgan fingerprint density at radius 1 is 1.12 bits per heavy atom. The summed E-state index contributed by atoms with van der Waals surface area (Å²) in [6.45, 7) is 1.30. The van der Waals surface area contributed by atoms with Gasteiger partial charge in [-0.3, -0.25) is 9.67 Å². The van der Waals surface area contributed by atoms with Crippen LogP contribution in [0.15, 0.2) is 54.0 Å². The van der Waals surface area contributed by atoms with Gasteiger partial charge in [0, 0.05) is 45.4 Å². The van der Waals surface area contributed by atoms with Gasteiger partial charge in [-0.05, 0) is 29.8 Å². The van der Waals surface area contributed by atoms with E-state index < -0.39 is 0 Å². The molecule has 0 spiro atoms. The largest absolute Gasteiger partial charge is 0.352 e. The summed E-state index contributed by atoms with van der Waals surface area (Å²) >= 11 is 0. The molecule has 0 aliphatic heterocycles. The van der Waals surface area contributed by atoms with Crippen LogP contribution in [0.5, 0.6) is 0 Å². The zero-order chi connectivity index (χ0) is 16.8. The van der Waals surface area contributed by atoms with Crippen LogP contribution in [0.2, 0.25) is 0 Å². The molecular weight excluding hydrogens is 431 g/mol. The average molecular weight is 452 g/mol. The van der Waals surface area contributed by atoms with Crippen LogP contribution < -0.4 is 10.6 Å². The molecular formula is C16H21IN8. The van der Waals surface area contributed by atoms with Crippen molar-refractivity contribution in [1.29, 1.82) is 0 Å². The van der Waals surface area contributed by atoms with Gasteiger partial charge >= 0.3 is 0 Å². The standard InChI is InChI=1S/C16H20N8.HI/c1-17-16(20-12-14-5-8-21-23(14)2)19-11-13-4-7-18-15(10-13)24-9-3-6-22-24;/h3-10H,11-12H2,1-2H3,(H2,17,19,20);1H. The van der Waals surface area contributed by atoms with Crippen molar-refractivity contribution >= 4 is 29.9 Å². The second kappa shape index (κ2) is 9.16. The smallest absolute Gasteiger partial charge is 0.191 e. The first-order valence-electron chi connectivity index (χ1n) is 7.62.